The van der Waals surface area contributed by atoms with Crippen LogP contribution < -0.4 is 5.32 Å². The fourth-order valence-corrected chi connectivity index (χ4v) is 4.92. The van der Waals surface area contributed by atoms with Crippen molar-refractivity contribution in [2.75, 3.05) is 6.54 Å². The molecule has 1 aliphatic heterocycles. The Balaban J connectivity index is 2.13. The molecule has 1 N–H and O–H groups in total. The second kappa shape index (κ2) is 8.93. The SMILES string of the molecule is CC(C)C[C@H](C)C(=O)N[C@H]1CC[C@@H](C)N(S(=O)(=O)c2ccccn2)CC1=O. The number of carbonyl (C=O) groups is 2. The number of pyridine rings is 1. The van der Waals surface area contributed by atoms with Gasteiger partial charge in [0.25, 0.3) is 10.0 Å². The van der Waals surface area contributed by atoms with Gasteiger partial charge in [-0.05, 0) is 44.2 Å². The zero-order valence-corrected chi connectivity index (χ0v) is 17.2. The largest absolute Gasteiger partial charge is 0.346 e. The lowest BCUT2D eigenvalue weighted by Gasteiger charge is -2.24. The predicted molar refractivity (Wildman–Crippen MR) is 102 cm³/mol. The van der Waals surface area contributed by atoms with Gasteiger partial charge in [-0.15, -0.1) is 0 Å². The van der Waals surface area contributed by atoms with Gasteiger partial charge in [0.1, 0.15) is 0 Å². The Morgan fingerprint density at radius 2 is 2.00 bits per heavy atom. The van der Waals surface area contributed by atoms with Crippen LogP contribution in [0.5, 0.6) is 0 Å². The smallest absolute Gasteiger partial charge is 0.261 e. The molecule has 27 heavy (non-hydrogen) atoms. The summed E-state index contributed by atoms with van der Waals surface area (Å²) in [5.41, 5.74) is 0. The highest BCUT2D eigenvalue weighted by Gasteiger charge is 2.37. The van der Waals surface area contributed by atoms with Gasteiger partial charge in [0, 0.05) is 18.2 Å². The third kappa shape index (κ3) is 5.35. The maximum absolute atomic E-state index is 12.9. The Hall–Kier alpha value is -1.80. The first-order chi connectivity index (χ1) is 12.6. The normalized spacial score (nSPS) is 23.1. The van der Waals surface area contributed by atoms with E-state index in [1.807, 2.05) is 20.8 Å². The summed E-state index contributed by atoms with van der Waals surface area (Å²) in [4.78, 5) is 29.0. The molecule has 1 fully saturated rings. The topological polar surface area (TPSA) is 96.4 Å². The summed E-state index contributed by atoms with van der Waals surface area (Å²) in [6.45, 7) is 7.45. The molecule has 1 aliphatic rings. The van der Waals surface area contributed by atoms with Gasteiger partial charge in [0.15, 0.2) is 10.8 Å². The molecule has 0 spiro atoms. The highest BCUT2D eigenvalue weighted by Crippen LogP contribution is 2.23. The maximum Gasteiger partial charge on any atom is 0.261 e. The number of aromatic nitrogens is 1. The second-order valence-corrected chi connectivity index (χ2v) is 9.54. The van der Waals surface area contributed by atoms with Crippen molar-refractivity contribution in [1.29, 1.82) is 0 Å². The summed E-state index contributed by atoms with van der Waals surface area (Å²) in [7, 11) is -3.86. The number of hydrogen-bond acceptors (Lipinski definition) is 5. The number of ketones is 1. The Labute approximate surface area is 161 Å². The summed E-state index contributed by atoms with van der Waals surface area (Å²) < 4.78 is 27.0. The molecule has 2 rings (SSSR count). The van der Waals surface area contributed by atoms with Gasteiger partial charge in [0.2, 0.25) is 5.91 Å². The molecule has 0 aromatic carbocycles. The van der Waals surface area contributed by atoms with Crippen LogP contribution in [0.1, 0.15) is 47.0 Å². The van der Waals surface area contributed by atoms with Crippen molar-refractivity contribution >= 4 is 21.7 Å². The van der Waals surface area contributed by atoms with Crippen LogP contribution >= 0.6 is 0 Å². The Morgan fingerprint density at radius 1 is 1.30 bits per heavy atom. The summed E-state index contributed by atoms with van der Waals surface area (Å²) in [6.07, 6.45) is 3.06. The molecule has 0 aliphatic carbocycles. The van der Waals surface area contributed by atoms with Crippen LogP contribution in [-0.4, -0.2) is 48.0 Å². The third-order valence-electron chi connectivity index (χ3n) is 4.86. The van der Waals surface area contributed by atoms with E-state index in [4.69, 9.17) is 0 Å². The molecule has 1 amide bonds. The minimum absolute atomic E-state index is 0.0716. The van der Waals surface area contributed by atoms with E-state index in [1.54, 1.807) is 19.1 Å². The standard InChI is InChI=1S/C19H29N3O4S/c1-13(2)11-14(3)19(24)21-16-9-8-15(4)22(12-17(16)23)27(25,26)18-7-5-6-10-20-18/h5-7,10,13-16H,8-9,11-12H2,1-4H3,(H,21,24)/t14-,15+,16-/m0/s1. The Bertz CT molecular complexity index is 764. The molecule has 0 saturated carbocycles. The minimum atomic E-state index is -3.86. The highest BCUT2D eigenvalue weighted by molar-refractivity contribution is 7.89. The Kier molecular flexibility index (Phi) is 7.11. The Morgan fingerprint density at radius 3 is 2.59 bits per heavy atom. The minimum Gasteiger partial charge on any atom is -0.346 e. The molecule has 0 unspecified atom stereocenters. The molecular formula is C19H29N3O4S. The van der Waals surface area contributed by atoms with Crippen molar-refractivity contribution in [3.63, 3.8) is 0 Å². The van der Waals surface area contributed by atoms with Crippen LogP contribution in [0.4, 0.5) is 0 Å². The van der Waals surface area contributed by atoms with E-state index < -0.39 is 16.1 Å². The fourth-order valence-electron chi connectivity index (χ4n) is 3.35. The van der Waals surface area contributed by atoms with E-state index in [-0.39, 0.29) is 35.2 Å². The van der Waals surface area contributed by atoms with E-state index in [1.165, 1.54) is 16.6 Å². The number of rotatable bonds is 6. The zero-order valence-electron chi connectivity index (χ0n) is 16.4. The van der Waals surface area contributed by atoms with Crippen molar-refractivity contribution in [1.82, 2.24) is 14.6 Å². The lowest BCUT2D eigenvalue weighted by molar-refractivity contribution is -0.130. The molecule has 1 aromatic rings. The summed E-state index contributed by atoms with van der Waals surface area (Å²) in [6, 6.07) is 3.66. The molecule has 1 aromatic heterocycles. The quantitative estimate of drug-likeness (QED) is 0.795. The molecule has 7 nitrogen and oxygen atoms in total. The van der Waals surface area contributed by atoms with Crippen LogP contribution in [0.3, 0.4) is 0 Å². The lowest BCUT2D eigenvalue weighted by atomic mass is 9.97. The van der Waals surface area contributed by atoms with E-state index >= 15 is 0 Å². The molecule has 0 radical (unpaired) electrons. The predicted octanol–water partition coefficient (Wildman–Crippen LogP) is 1.99. The molecule has 1 saturated heterocycles. The molecule has 3 atom stereocenters. The van der Waals surface area contributed by atoms with Crippen LogP contribution in [0, 0.1) is 11.8 Å². The maximum atomic E-state index is 12.9. The van der Waals surface area contributed by atoms with Gasteiger partial charge in [0.05, 0.1) is 12.6 Å². The highest BCUT2D eigenvalue weighted by atomic mass is 32.2. The van der Waals surface area contributed by atoms with Crippen molar-refractivity contribution in [2.24, 2.45) is 11.8 Å². The van der Waals surface area contributed by atoms with E-state index in [0.717, 1.165) is 6.42 Å². The first kappa shape index (κ1) is 21.5. The van der Waals surface area contributed by atoms with Gasteiger partial charge < -0.3 is 5.32 Å². The van der Waals surface area contributed by atoms with Crippen molar-refractivity contribution in [2.45, 2.75) is 64.1 Å². The average Bonchev–Trinajstić information content (AvgIpc) is 2.75. The monoisotopic (exact) mass is 395 g/mol. The number of sulfonamides is 1. The van der Waals surface area contributed by atoms with Gasteiger partial charge in [-0.2, -0.15) is 4.31 Å². The van der Waals surface area contributed by atoms with Gasteiger partial charge in [-0.25, -0.2) is 13.4 Å². The third-order valence-corrected chi connectivity index (χ3v) is 6.74. The molecule has 2 heterocycles. The van der Waals surface area contributed by atoms with Gasteiger partial charge in [-0.3, -0.25) is 9.59 Å². The number of nitrogens with zero attached hydrogens (tertiary/aromatic N) is 2. The van der Waals surface area contributed by atoms with Gasteiger partial charge in [-0.1, -0.05) is 26.8 Å². The summed E-state index contributed by atoms with van der Waals surface area (Å²) >= 11 is 0. The van der Waals surface area contributed by atoms with Crippen molar-refractivity contribution < 1.29 is 18.0 Å². The number of Topliss-reactive ketones (excluding diaryl/α,β-unsaturated/α-hetero) is 1. The number of hydrogen-bond donors (Lipinski definition) is 1. The molecule has 8 heteroatoms. The zero-order chi connectivity index (χ0) is 20.2. The average molecular weight is 396 g/mol. The van der Waals surface area contributed by atoms with Crippen molar-refractivity contribution in [3.05, 3.63) is 24.4 Å². The first-order valence-corrected chi connectivity index (χ1v) is 10.8. The lowest BCUT2D eigenvalue weighted by Crippen LogP contribution is -2.46. The van der Waals surface area contributed by atoms with Crippen molar-refractivity contribution in [3.8, 4) is 0 Å². The molecule has 0 bridgehead atoms. The van der Waals surface area contributed by atoms with Crippen LogP contribution in [-0.2, 0) is 19.6 Å². The second-order valence-electron chi connectivity index (χ2n) is 7.70. The van der Waals surface area contributed by atoms with Crippen LogP contribution in [0.15, 0.2) is 29.4 Å². The number of amides is 1. The molecule has 150 valence electrons. The van der Waals surface area contributed by atoms with E-state index in [0.29, 0.717) is 18.8 Å². The van der Waals surface area contributed by atoms with Crippen LogP contribution in [0.2, 0.25) is 0 Å². The van der Waals surface area contributed by atoms with Crippen LogP contribution in [0.25, 0.3) is 0 Å². The van der Waals surface area contributed by atoms with E-state index in [9.17, 15) is 18.0 Å². The first-order valence-electron chi connectivity index (χ1n) is 9.39. The van der Waals surface area contributed by atoms with E-state index in [2.05, 4.69) is 10.3 Å². The number of nitrogens with one attached hydrogen (secondary N) is 1. The summed E-state index contributed by atoms with van der Waals surface area (Å²) in [5, 5.41) is 2.75. The van der Waals surface area contributed by atoms with Gasteiger partial charge >= 0.3 is 0 Å². The number of carbonyl (C=O) groups excluding carboxylic acids is 2. The molecular weight excluding hydrogens is 366 g/mol. The summed E-state index contributed by atoms with van der Waals surface area (Å²) in [5.74, 6) is -0.249. The fraction of sp³-hybridized carbons (Fsp3) is 0.632.